The van der Waals surface area contributed by atoms with E-state index in [1.807, 2.05) is 18.2 Å². The van der Waals surface area contributed by atoms with Crippen LogP contribution >= 0.6 is 0 Å². The van der Waals surface area contributed by atoms with Crippen LogP contribution in [-0.4, -0.2) is 17.7 Å². The molecule has 3 heteroatoms. The van der Waals surface area contributed by atoms with Crippen molar-refractivity contribution in [1.29, 1.82) is 0 Å². The third-order valence-corrected chi connectivity index (χ3v) is 4.04. The number of rotatable bonds is 6. The van der Waals surface area contributed by atoms with Gasteiger partial charge < -0.3 is 9.88 Å². The predicted molar refractivity (Wildman–Crippen MR) is 89.6 cm³/mol. The van der Waals surface area contributed by atoms with Crippen molar-refractivity contribution in [2.24, 2.45) is 0 Å². The van der Waals surface area contributed by atoms with Crippen LogP contribution in [0.15, 0.2) is 60.8 Å². The van der Waals surface area contributed by atoms with Crippen LogP contribution in [0.25, 0.3) is 10.9 Å². The molecular formula is C19H21FN2. The lowest BCUT2D eigenvalue weighted by molar-refractivity contribution is 0.523. The van der Waals surface area contributed by atoms with Crippen molar-refractivity contribution in [2.75, 3.05) is 13.1 Å². The average Bonchev–Trinajstić information content (AvgIpc) is 2.95. The molecule has 0 bridgehead atoms. The molecule has 0 saturated carbocycles. The molecule has 1 atom stereocenters. The van der Waals surface area contributed by atoms with Crippen molar-refractivity contribution >= 4 is 10.9 Å². The molecule has 0 aliphatic heterocycles. The van der Waals surface area contributed by atoms with Gasteiger partial charge >= 0.3 is 0 Å². The fourth-order valence-electron chi connectivity index (χ4n) is 2.97. The highest BCUT2D eigenvalue weighted by atomic mass is 19.1. The maximum atomic E-state index is 13.6. The summed E-state index contributed by atoms with van der Waals surface area (Å²) < 4.78 is 15.9. The maximum absolute atomic E-state index is 13.6. The van der Waals surface area contributed by atoms with E-state index in [0.29, 0.717) is 0 Å². The lowest BCUT2D eigenvalue weighted by Gasteiger charge is -2.21. The zero-order valence-electron chi connectivity index (χ0n) is 12.8. The van der Waals surface area contributed by atoms with Crippen LogP contribution in [0.1, 0.15) is 24.9 Å². The molecule has 114 valence electrons. The zero-order chi connectivity index (χ0) is 15.4. The Morgan fingerprint density at radius 2 is 1.95 bits per heavy atom. The van der Waals surface area contributed by atoms with Gasteiger partial charge in [0.1, 0.15) is 5.82 Å². The summed E-state index contributed by atoms with van der Waals surface area (Å²) in [5.41, 5.74) is 2.20. The van der Waals surface area contributed by atoms with Crippen LogP contribution in [0.3, 0.4) is 0 Å². The third-order valence-electron chi connectivity index (χ3n) is 4.04. The lowest BCUT2D eigenvalue weighted by Crippen LogP contribution is -2.20. The first-order valence-electron chi connectivity index (χ1n) is 7.81. The summed E-state index contributed by atoms with van der Waals surface area (Å²) in [6.45, 7) is 3.95. The SMILES string of the molecule is CCNCCC(c1cccc(F)c1)n1ccc2ccccc21. The molecule has 1 unspecified atom stereocenters. The molecule has 1 aromatic heterocycles. The van der Waals surface area contributed by atoms with Gasteiger partial charge in [-0.25, -0.2) is 4.39 Å². The molecule has 0 aliphatic carbocycles. The van der Waals surface area contributed by atoms with Gasteiger partial charge in [0.2, 0.25) is 0 Å². The second kappa shape index (κ2) is 6.75. The number of aromatic nitrogens is 1. The Hall–Kier alpha value is -2.13. The highest BCUT2D eigenvalue weighted by Crippen LogP contribution is 2.27. The van der Waals surface area contributed by atoms with E-state index in [1.165, 1.54) is 17.0 Å². The number of hydrogen-bond donors (Lipinski definition) is 1. The Kier molecular flexibility index (Phi) is 4.54. The lowest BCUT2D eigenvalue weighted by atomic mass is 10.0. The van der Waals surface area contributed by atoms with Crippen LogP contribution < -0.4 is 5.32 Å². The second-order valence-corrected chi connectivity index (χ2v) is 5.49. The van der Waals surface area contributed by atoms with E-state index in [0.717, 1.165) is 25.1 Å². The molecule has 0 aliphatic rings. The van der Waals surface area contributed by atoms with Gasteiger partial charge in [-0.1, -0.05) is 37.3 Å². The molecule has 1 N–H and O–H groups in total. The fraction of sp³-hybridized carbons (Fsp3) is 0.263. The number of nitrogens with one attached hydrogen (secondary N) is 1. The summed E-state index contributed by atoms with van der Waals surface area (Å²) in [4.78, 5) is 0. The van der Waals surface area contributed by atoms with Gasteiger partial charge in [0.25, 0.3) is 0 Å². The van der Waals surface area contributed by atoms with Crippen LogP contribution in [0.5, 0.6) is 0 Å². The van der Waals surface area contributed by atoms with E-state index in [4.69, 9.17) is 0 Å². The fourth-order valence-corrected chi connectivity index (χ4v) is 2.97. The standard InChI is InChI=1S/C19H21FN2/c1-2-21-12-10-19(16-7-5-8-17(20)14-16)22-13-11-15-6-3-4-9-18(15)22/h3-9,11,13-14,19,21H,2,10,12H2,1H3. The van der Waals surface area contributed by atoms with E-state index in [1.54, 1.807) is 12.1 Å². The first kappa shape index (κ1) is 14.8. The molecule has 0 amide bonds. The molecule has 1 heterocycles. The molecule has 0 saturated heterocycles. The van der Waals surface area contributed by atoms with Crippen molar-refractivity contribution in [3.63, 3.8) is 0 Å². The van der Waals surface area contributed by atoms with Gasteiger partial charge in [-0.15, -0.1) is 0 Å². The van der Waals surface area contributed by atoms with Crippen molar-refractivity contribution < 1.29 is 4.39 Å². The summed E-state index contributed by atoms with van der Waals surface area (Å²) in [5, 5.41) is 4.58. The smallest absolute Gasteiger partial charge is 0.123 e. The number of halogens is 1. The molecule has 22 heavy (non-hydrogen) atoms. The first-order valence-corrected chi connectivity index (χ1v) is 7.81. The van der Waals surface area contributed by atoms with Crippen LogP contribution in [0, 0.1) is 5.82 Å². The number of nitrogens with zero attached hydrogens (tertiary/aromatic N) is 1. The predicted octanol–water partition coefficient (Wildman–Crippen LogP) is 4.37. The van der Waals surface area contributed by atoms with Gasteiger partial charge in [-0.05, 0) is 54.7 Å². The van der Waals surface area contributed by atoms with E-state index < -0.39 is 0 Å². The van der Waals surface area contributed by atoms with E-state index in [9.17, 15) is 4.39 Å². The quantitative estimate of drug-likeness (QED) is 0.668. The first-order chi connectivity index (χ1) is 10.8. The summed E-state index contributed by atoms with van der Waals surface area (Å²) in [6.07, 6.45) is 3.03. The highest BCUT2D eigenvalue weighted by molar-refractivity contribution is 5.80. The van der Waals surface area contributed by atoms with Gasteiger partial charge in [0.15, 0.2) is 0 Å². The second-order valence-electron chi connectivity index (χ2n) is 5.49. The Morgan fingerprint density at radius 3 is 2.77 bits per heavy atom. The average molecular weight is 296 g/mol. The Balaban J connectivity index is 2.01. The van der Waals surface area contributed by atoms with Crippen molar-refractivity contribution in [1.82, 2.24) is 9.88 Å². The van der Waals surface area contributed by atoms with Crippen molar-refractivity contribution in [3.8, 4) is 0 Å². The molecule has 0 fully saturated rings. The Morgan fingerprint density at radius 1 is 1.09 bits per heavy atom. The summed E-state index contributed by atoms with van der Waals surface area (Å²) >= 11 is 0. The summed E-state index contributed by atoms with van der Waals surface area (Å²) in [7, 11) is 0. The molecule has 2 aromatic carbocycles. The van der Waals surface area contributed by atoms with Crippen LogP contribution in [0.4, 0.5) is 4.39 Å². The number of fused-ring (bicyclic) bond motifs is 1. The highest BCUT2D eigenvalue weighted by Gasteiger charge is 2.15. The minimum absolute atomic E-state index is 0.134. The molecule has 3 rings (SSSR count). The van der Waals surface area contributed by atoms with Crippen LogP contribution in [-0.2, 0) is 0 Å². The maximum Gasteiger partial charge on any atom is 0.123 e. The Bertz CT molecular complexity index is 748. The molecule has 0 radical (unpaired) electrons. The molecule has 3 aromatic rings. The molecule has 0 spiro atoms. The topological polar surface area (TPSA) is 17.0 Å². The van der Waals surface area contributed by atoms with Gasteiger partial charge in [-0.2, -0.15) is 0 Å². The van der Waals surface area contributed by atoms with Crippen molar-refractivity contribution in [3.05, 3.63) is 72.2 Å². The number of para-hydroxylation sites is 1. The Labute approximate surface area is 130 Å². The van der Waals surface area contributed by atoms with Gasteiger partial charge in [-0.3, -0.25) is 0 Å². The van der Waals surface area contributed by atoms with Gasteiger partial charge in [0, 0.05) is 11.7 Å². The number of benzene rings is 2. The summed E-state index contributed by atoms with van der Waals surface area (Å²) in [6, 6.07) is 17.5. The minimum Gasteiger partial charge on any atom is -0.340 e. The van der Waals surface area contributed by atoms with Gasteiger partial charge in [0.05, 0.1) is 6.04 Å². The molecular weight excluding hydrogens is 275 g/mol. The van der Waals surface area contributed by atoms with E-state index >= 15 is 0 Å². The normalized spacial score (nSPS) is 12.6. The van der Waals surface area contributed by atoms with E-state index in [-0.39, 0.29) is 11.9 Å². The molecule has 2 nitrogen and oxygen atoms in total. The third kappa shape index (κ3) is 3.04. The minimum atomic E-state index is -0.178. The van der Waals surface area contributed by atoms with Crippen molar-refractivity contribution in [2.45, 2.75) is 19.4 Å². The zero-order valence-corrected chi connectivity index (χ0v) is 12.8. The number of hydrogen-bond acceptors (Lipinski definition) is 1. The summed E-state index contributed by atoms with van der Waals surface area (Å²) in [5.74, 6) is -0.178. The monoisotopic (exact) mass is 296 g/mol. The van der Waals surface area contributed by atoms with Crippen LogP contribution in [0.2, 0.25) is 0 Å². The van der Waals surface area contributed by atoms with E-state index in [2.05, 4.69) is 41.2 Å². The largest absolute Gasteiger partial charge is 0.340 e.